The van der Waals surface area contributed by atoms with Crippen molar-refractivity contribution in [2.45, 2.75) is 19.9 Å². The number of rotatable bonds is 6. The zero-order chi connectivity index (χ0) is 21.8. The van der Waals surface area contributed by atoms with Crippen LogP contribution < -0.4 is 10.9 Å². The number of nitrogens with one attached hydrogen (secondary N) is 1. The standard InChI is InChI=1S/C21H20ClFN4O3/c1-12(2)19(11-28)25-20(29)17-8-18(13-3-5-14(22)6-4-13)26-27(21(17)30)16-7-15(23)9-24-10-16/h3-10,12,19,28H,11H2,1-2H3,(H,25,29). The van der Waals surface area contributed by atoms with Crippen molar-refractivity contribution < 1.29 is 14.3 Å². The van der Waals surface area contributed by atoms with E-state index < -0.39 is 23.3 Å². The fourth-order valence-corrected chi connectivity index (χ4v) is 2.91. The van der Waals surface area contributed by atoms with Gasteiger partial charge in [-0.2, -0.15) is 9.78 Å². The molecule has 1 unspecified atom stereocenters. The number of nitrogens with zero attached hydrogens (tertiary/aromatic N) is 3. The first-order valence-corrected chi connectivity index (χ1v) is 9.61. The molecule has 0 saturated heterocycles. The fraction of sp³-hybridized carbons (Fsp3) is 0.238. The Balaban J connectivity index is 2.16. The van der Waals surface area contributed by atoms with Gasteiger partial charge in [0.05, 0.1) is 36.4 Å². The van der Waals surface area contributed by atoms with Gasteiger partial charge in [0.15, 0.2) is 0 Å². The molecule has 3 rings (SSSR count). The highest BCUT2D eigenvalue weighted by atomic mass is 35.5. The van der Waals surface area contributed by atoms with Gasteiger partial charge in [-0.25, -0.2) is 4.39 Å². The summed E-state index contributed by atoms with van der Waals surface area (Å²) in [7, 11) is 0. The van der Waals surface area contributed by atoms with E-state index in [-0.39, 0.29) is 23.8 Å². The van der Waals surface area contributed by atoms with Crippen molar-refractivity contribution in [1.29, 1.82) is 0 Å². The second-order valence-electron chi connectivity index (χ2n) is 7.04. The molecule has 0 fully saturated rings. The molecule has 1 atom stereocenters. The molecule has 1 aromatic carbocycles. The highest BCUT2D eigenvalue weighted by molar-refractivity contribution is 6.30. The normalized spacial score (nSPS) is 12.1. The molecule has 2 N–H and O–H groups in total. The van der Waals surface area contributed by atoms with Gasteiger partial charge < -0.3 is 10.4 Å². The number of halogens is 2. The van der Waals surface area contributed by atoms with Gasteiger partial charge in [-0.3, -0.25) is 14.6 Å². The molecule has 0 aliphatic rings. The predicted octanol–water partition coefficient (Wildman–Crippen LogP) is 2.83. The Morgan fingerprint density at radius 2 is 1.93 bits per heavy atom. The minimum atomic E-state index is -0.738. The second-order valence-corrected chi connectivity index (χ2v) is 7.47. The zero-order valence-electron chi connectivity index (χ0n) is 16.3. The molecule has 2 aromatic heterocycles. The van der Waals surface area contributed by atoms with Crippen molar-refractivity contribution in [3.63, 3.8) is 0 Å². The highest BCUT2D eigenvalue weighted by Crippen LogP contribution is 2.20. The van der Waals surface area contributed by atoms with E-state index in [1.54, 1.807) is 24.3 Å². The molecule has 0 aliphatic carbocycles. The lowest BCUT2D eigenvalue weighted by atomic mass is 10.0. The molecule has 0 radical (unpaired) electrons. The molecule has 3 aromatic rings. The average molecular weight is 431 g/mol. The maximum absolute atomic E-state index is 13.7. The molecular formula is C21H20ClFN4O3. The number of benzene rings is 1. The van der Waals surface area contributed by atoms with E-state index in [2.05, 4.69) is 15.4 Å². The van der Waals surface area contributed by atoms with E-state index in [9.17, 15) is 19.1 Å². The molecule has 156 valence electrons. The van der Waals surface area contributed by atoms with E-state index in [1.165, 1.54) is 12.3 Å². The Morgan fingerprint density at radius 3 is 2.53 bits per heavy atom. The quantitative estimate of drug-likeness (QED) is 0.626. The van der Waals surface area contributed by atoms with Crippen LogP contribution in [0.2, 0.25) is 5.02 Å². The lowest BCUT2D eigenvalue weighted by Gasteiger charge is -2.20. The number of carbonyl (C=O) groups is 1. The Labute approximate surface area is 177 Å². The van der Waals surface area contributed by atoms with Crippen LogP contribution in [0.15, 0.2) is 53.6 Å². The summed E-state index contributed by atoms with van der Waals surface area (Å²) in [5.74, 6) is -1.36. The Morgan fingerprint density at radius 1 is 1.23 bits per heavy atom. The summed E-state index contributed by atoms with van der Waals surface area (Å²) in [5.41, 5.74) is 0.0590. The lowest BCUT2D eigenvalue weighted by molar-refractivity contribution is 0.0894. The summed E-state index contributed by atoms with van der Waals surface area (Å²) in [6, 6.07) is 8.60. The van der Waals surface area contributed by atoms with Crippen molar-refractivity contribution in [1.82, 2.24) is 20.1 Å². The van der Waals surface area contributed by atoms with Crippen molar-refractivity contribution in [2.24, 2.45) is 5.92 Å². The summed E-state index contributed by atoms with van der Waals surface area (Å²) >= 11 is 5.94. The third-order valence-corrected chi connectivity index (χ3v) is 4.80. The Bertz CT molecular complexity index is 1120. The number of hydrogen-bond donors (Lipinski definition) is 2. The Kier molecular flexibility index (Phi) is 6.59. The largest absolute Gasteiger partial charge is 0.394 e. The van der Waals surface area contributed by atoms with Crippen LogP contribution in [0.25, 0.3) is 16.9 Å². The maximum atomic E-state index is 13.7. The molecule has 0 saturated carbocycles. The molecule has 30 heavy (non-hydrogen) atoms. The molecular weight excluding hydrogens is 411 g/mol. The minimum absolute atomic E-state index is 0.0498. The molecule has 1 amide bonds. The molecule has 7 nitrogen and oxygen atoms in total. The van der Waals surface area contributed by atoms with Gasteiger partial charge in [-0.15, -0.1) is 0 Å². The smallest absolute Gasteiger partial charge is 0.284 e. The topological polar surface area (TPSA) is 97.1 Å². The summed E-state index contributed by atoms with van der Waals surface area (Å²) in [6.45, 7) is 3.40. The van der Waals surface area contributed by atoms with Crippen molar-refractivity contribution >= 4 is 17.5 Å². The predicted molar refractivity (Wildman–Crippen MR) is 111 cm³/mol. The second kappa shape index (κ2) is 9.15. The maximum Gasteiger partial charge on any atom is 0.284 e. The molecule has 9 heteroatoms. The van der Waals surface area contributed by atoms with Crippen LogP contribution in [0.5, 0.6) is 0 Å². The lowest BCUT2D eigenvalue weighted by Crippen LogP contribution is -2.43. The van der Waals surface area contributed by atoms with Crippen molar-refractivity contribution in [3.05, 3.63) is 75.5 Å². The van der Waals surface area contributed by atoms with Gasteiger partial charge in [0.1, 0.15) is 11.4 Å². The van der Waals surface area contributed by atoms with E-state index in [0.29, 0.717) is 16.3 Å². The molecule has 0 aliphatic heterocycles. The minimum Gasteiger partial charge on any atom is -0.394 e. The number of aliphatic hydroxyl groups excluding tert-OH is 1. The molecule has 2 heterocycles. The van der Waals surface area contributed by atoms with Crippen LogP contribution >= 0.6 is 11.6 Å². The molecule has 0 bridgehead atoms. The Hall–Kier alpha value is -3.10. The van der Waals surface area contributed by atoms with Gasteiger partial charge in [-0.1, -0.05) is 37.6 Å². The first-order valence-electron chi connectivity index (χ1n) is 9.23. The summed E-state index contributed by atoms with van der Waals surface area (Å²) in [6.07, 6.45) is 2.27. The fourth-order valence-electron chi connectivity index (χ4n) is 2.78. The van der Waals surface area contributed by atoms with Gasteiger partial charge in [0.2, 0.25) is 0 Å². The zero-order valence-corrected chi connectivity index (χ0v) is 17.1. The number of aliphatic hydroxyl groups is 1. The SMILES string of the molecule is CC(C)C(CO)NC(=O)c1cc(-c2ccc(Cl)cc2)nn(-c2cncc(F)c2)c1=O. The van der Waals surface area contributed by atoms with Gasteiger partial charge in [-0.05, 0) is 24.1 Å². The van der Waals surface area contributed by atoms with Crippen molar-refractivity contribution in [2.75, 3.05) is 6.61 Å². The van der Waals surface area contributed by atoms with E-state index >= 15 is 0 Å². The van der Waals surface area contributed by atoms with Gasteiger partial charge >= 0.3 is 0 Å². The van der Waals surface area contributed by atoms with Gasteiger partial charge in [0.25, 0.3) is 11.5 Å². The van der Waals surface area contributed by atoms with E-state index in [4.69, 9.17) is 11.6 Å². The van der Waals surface area contributed by atoms with Gasteiger partial charge in [0, 0.05) is 16.7 Å². The van der Waals surface area contributed by atoms with Crippen LogP contribution in [-0.2, 0) is 0 Å². The third kappa shape index (κ3) is 4.72. The monoisotopic (exact) mass is 430 g/mol. The first-order chi connectivity index (χ1) is 14.3. The summed E-state index contributed by atoms with van der Waals surface area (Å²) in [4.78, 5) is 29.6. The average Bonchev–Trinajstić information content (AvgIpc) is 2.72. The van der Waals surface area contributed by atoms with Crippen LogP contribution in [0.1, 0.15) is 24.2 Å². The number of amides is 1. The number of hydrogen-bond acceptors (Lipinski definition) is 5. The van der Waals surface area contributed by atoms with Crippen LogP contribution in [0.3, 0.4) is 0 Å². The van der Waals surface area contributed by atoms with E-state index in [1.807, 2.05) is 13.8 Å². The number of carbonyl (C=O) groups excluding carboxylic acids is 1. The van der Waals surface area contributed by atoms with Crippen molar-refractivity contribution in [3.8, 4) is 16.9 Å². The van der Waals surface area contributed by atoms with Crippen LogP contribution in [0, 0.1) is 11.7 Å². The van der Waals surface area contributed by atoms with Crippen LogP contribution in [-0.4, -0.2) is 38.4 Å². The van der Waals surface area contributed by atoms with Crippen LogP contribution in [0.4, 0.5) is 4.39 Å². The molecule has 0 spiro atoms. The summed E-state index contributed by atoms with van der Waals surface area (Å²) < 4.78 is 14.6. The summed E-state index contributed by atoms with van der Waals surface area (Å²) in [5, 5.41) is 17.0. The number of aromatic nitrogens is 3. The van der Waals surface area contributed by atoms with E-state index in [0.717, 1.165) is 16.9 Å². The highest BCUT2D eigenvalue weighted by Gasteiger charge is 2.21. The number of pyridine rings is 1. The first kappa shape index (κ1) is 21.6. The third-order valence-electron chi connectivity index (χ3n) is 4.55.